The lowest BCUT2D eigenvalue weighted by molar-refractivity contribution is 0.300. The highest BCUT2D eigenvalue weighted by Gasteiger charge is 2.11. The van der Waals surface area contributed by atoms with E-state index in [-0.39, 0.29) is 11.9 Å². The van der Waals surface area contributed by atoms with Gasteiger partial charge in [-0.15, -0.1) is 11.8 Å². The minimum atomic E-state index is 0.218. The van der Waals surface area contributed by atoms with Crippen LogP contribution in [-0.2, 0) is 0 Å². The van der Waals surface area contributed by atoms with Gasteiger partial charge in [-0.25, -0.2) is 0 Å². The minimum Gasteiger partial charge on any atom is -0.395 e. The Balaban J connectivity index is 2.76. The van der Waals surface area contributed by atoms with Crippen molar-refractivity contribution in [3.63, 3.8) is 0 Å². The highest BCUT2D eigenvalue weighted by Crippen LogP contribution is 2.30. The number of rotatable bonds is 7. The molecule has 17 heavy (non-hydrogen) atoms. The fourth-order valence-electron chi connectivity index (χ4n) is 1.67. The van der Waals surface area contributed by atoms with Crippen LogP contribution in [0, 0.1) is 0 Å². The summed E-state index contributed by atoms with van der Waals surface area (Å²) in [5.74, 6) is 0. The molecule has 1 aromatic rings. The predicted octanol–water partition coefficient (Wildman–Crippen LogP) is 3.22. The van der Waals surface area contributed by atoms with Crippen molar-refractivity contribution >= 4 is 11.8 Å². The summed E-state index contributed by atoms with van der Waals surface area (Å²) in [6, 6.07) is 8.80. The zero-order chi connectivity index (χ0) is 12.7. The third-order valence-electron chi connectivity index (χ3n) is 2.67. The first kappa shape index (κ1) is 14.6. The van der Waals surface area contributed by atoms with Crippen molar-refractivity contribution in [2.24, 2.45) is 0 Å². The summed E-state index contributed by atoms with van der Waals surface area (Å²) in [5, 5.41) is 12.9. The molecule has 96 valence electrons. The van der Waals surface area contributed by atoms with Gasteiger partial charge in [-0.05, 0) is 31.5 Å². The van der Waals surface area contributed by atoms with Gasteiger partial charge in [0.15, 0.2) is 0 Å². The summed E-state index contributed by atoms with van der Waals surface area (Å²) in [6.45, 7) is 7.67. The van der Waals surface area contributed by atoms with Crippen molar-refractivity contribution in [1.82, 2.24) is 5.32 Å². The molecule has 1 aromatic carbocycles. The zero-order valence-corrected chi connectivity index (χ0v) is 11.8. The van der Waals surface area contributed by atoms with Crippen LogP contribution in [0.25, 0.3) is 0 Å². The van der Waals surface area contributed by atoms with Crippen molar-refractivity contribution in [1.29, 1.82) is 0 Å². The van der Waals surface area contributed by atoms with Gasteiger partial charge in [-0.3, -0.25) is 0 Å². The Hall–Kier alpha value is -0.510. The first-order valence-corrected chi connectivity index (χ1v) is 7.16. The van der Waals surface area contributed by atoms with E-state index < -0.39 is 0 Å². The molecule has 0 radical (unpaired) electrons. The molecular weight excluding hydrogens is 230 g/mol. The lowest BCUT2D eigenvalue weighted by atomic mass is 10.1. The molecule has 0 aromatic heterocycles. The normalized spacial score (nSPS) is 14.6. The molecule has 0 saturated heterocycles. The first-order valence-electron chi connectivity index (χ1n) is 6.28. The van der Waals surface area contributed by atoms with Gasteiger partial charge >= 0.3 is 0 Å². The molecule has 0 amide bonds. The van der Waals surface area contributed by atoms with Crippen molar-refractivity contribution < 1.29 is 5.11 Å². The van der Waals surface area contributed by atoms with Crippen molar-refractivity contribution in [3.05, 3.63) is 29.8 Å². The Morgan fingerprint density at radius 1 is 1.29 bits per heavy atom. The van der Waals surface area contributed by atoms with Gasteiger partial charge in [-0.2, -0.15) is 0 Å². The highest BCUT2D eigenvalue weighted by atomic mass is 32.2. The van der Waals surface area contributed by atoms with Gasteiger partial charge in [0.2, 0.25) is 0 Å². The van der Waals surface area contributed by atoms with E-state index in [2.05, 4.69) is 43.4 Å². The Labute approximate surface area is 109 Å². The molecule has 0 spiro atoms. The minimum absolute atomic E-state index is 0.218. The van der Waals surface area contributed by atoms with Crippen molar-refractivity contribution in [2.75, 3.05) is 13.2 Å². The lowest BCUT2D eigenvalue weighted by Gasteiger charge is -2.18. The summed E-state index contributed by atoms with van der Waals surface area (Å²) in [4.78, 5) is 1.27. The number of nitrogens with one attached hydrogen (secondary N) is 1. The number of benzene rings is 1. The SMILES string of the molecule is CCCNC(C)c1ccccc1SC(C)CO. The Morgan fingerprint density at radius 3 is 2.65 bits per heavy atom. The van der Waals surface area contributed by atoms with Crippen LogP contribution in [0.2, 0.25) is 0 Å². The summed E-state index contributed by atoms with van der Waals surface area (Å²) in [5.41, 5.74) is 1.33. The molecule has 2 N–H and O–H groups in total. The summed E-state index contributed by atoms with van der Waals surface area (Å²) in [7, 11) is 0. The Morgan fingerprint density at radius 2 is 2.00 bits per heavy atom. The number of aliphatic hydroxyl groups excluding tert-OH is 1. The van der Waals surface area contributed by atoms with E-state index in [4.69, 9.17) is 5.11 Å². The summed E-state index contributed by atoms with van der Waals surface area (Å²) in [6.07, 6.45) is 1.15. The maximum Gasteiger partial charge on any atom is 0.0550 e. The first-order chi connectivity index (χ1) is 8.19. The molecule has 2 unspecified atom stereocenters. The fourth-order valence-corrected chi connectivity index (χ4v) is 2.72. The second-order valence-corrected chi connectivity index (χ2v) is 5.80. The zero-order valence-electron chi connectivity index (χ0n) is 10.9. The van der Waals surface area contributed by atoms with E-state index in [1.165, 1.54) is 10.5 Å². The van der Waals surface area contributed by atoms with Gasteiger partial charge in [0.1, 0.15) is 0 Å². The molecule has 0 bridgehead atoms. The van der Waals surface area contributed by atoms with Crippen LogP contribution >= 0.6 is 11.8 Å². The van der Waals surface area contributed by atoms with Crippen molar-refractivity contribution in [3.8, 4) is 0 Å². The Bertz CT molecular complexity index is 330. The van der Waals surface area contributed by atoms with Crippen LogP contribution in [0.15, 0.2) is 29.2 Å². The van der Waals surface area contributed by atoms with Crippen LogP contribution in [0.5, 0.6) is 0 Å². The van der Waals surface area contributed by atoms with Crippen LogP contribution in [-0.4, -0.2) is 23.5 Å². The second kappa shape index (κ2) is 7.75. The lowest BCUT2D eigenvalue weighted by Crippen LogP contribution is -2.20. The fraction of sp³-hybridized carbons (Fsp3) is 0.571. The smallest absolute Gasteiger partial charge is 0.0550 e. The monoisotopic (exact) mass is 253 g/mol. The molecule has 2 nitrogen and oxygen atoms in total. The molecule has 3 heteroatoms. The molecule has 0 saturated carbocycles. The van der Waals surface area contributed by atoms with Crippen LogP contribution in [0.3, 0.4) is 0 Å². The van der Waals surface area contributed by atoms with Crippen LogP contribution < -0.4 is 5.32 Å². The summed E-state index contributed by atoms with van der Waals surface area (Å²) < 4.78 is 0. The summed E-state index contributed by atoms with van der Waals surface area (Å²) >= 11 is 1.74. The van der Waals surface area contributed by atoms with E-state index in [0.29, 0.717) is 6.04 Å². The highest BCUT2D eigenvalue weighted by molar-refractivity contribution is 8.00. The standard InChI is InChI=1S/C14H23NOS/c1-4-9-15-12(3)13-7-5-6-8-14(13)17-11(2)10-16/h5-8,11-12,15-16H,4,9-10H2,1-3H3. The molecular formula is C14H23NOS. The molecule has 0 heterocycles. The van der Waals surface area contributed by atoms with Crippen molar-refractivity contribution in [2.45, 2.75) is 43.4 Å². The Kier molecular flexibility index (Phi) is 6.63. The molecule has 0 aliphatic rings. The predicted molar refractivity (Wildman–Crippen MR) is 75.6 cm³/mol. The molecule has 0 aliphatic heterocycles. The van der Waals surface area contributed by atoms with Crippen LogP contribution in [0.1, 0.15) is 38.8 Å². The van der Waals surface area contributed by atoms with Gasteiger partial charge in [-0.1, -0.05) is 32.0 Å². The van der Waals surface area contributed by atoms with E-state index in [0.717, 1.165) is 13.0 Å². The quantitative estimate of drug-likeness (QED) is 0.732. The maximum atomic E-state index is 9.13. The van der Waals surface area contributed by atoms with E-state index >= 15 is 0 Å². The molecule has 1 rings (SSSR count). The molecule has 0 aliphatic carbocycles. The molecule has 0 fully saturated rings. The van der Waals surface area contributed by atoms with Gasteiger partial charge in [0.05, 0.1) is 6.61 Å². The number of hydrogen-bond donors (Lipinski definition) is 2. The van der Waals surface area contributed by atoms with Crippen LogP contribution in [0.4, 0.5) is 0 Å². The maximum absolute atomic E-state index is 9.13. The number of thioether (sulfide) groups is 1. The van der Waals surface area contributed by atoms with E-state index in [9.17, 15) is 0 Å². The molecule has 2 atom stereocenters. The largest absolute Gasteiger partial charge is 0.395 e. The average molecular weight is 253 g/mol. The average Bonchev–Trinajstić information content (AvgIpc) is 2.36. The van der Waals surface area contributed by atoms with Gasteiger partial charge < -0.3 is 10.4 Å². The van der Waals surface area contributed by atoms with Gasteiger partial charge in [0.25, 0.3) is 0 Å². The third kappa shape index (κ3) is 4.70. The topological polar surface area (TPSA) is 32.3 Å². The number of hydrogen-bond acceptors (Lipinski definition) is 3. The number of aliphatic hydroxyl groups is 1. The second-order valence-electron chi connectivity index (χ2n) is 4.32. The third-order valence-corrected chi connectivity index (χ3v) is 3.85. The van der Waals surface area contributed by atoms with E-state index in [1.807, 2.05) is 6.92 Å². The van der Waals surface area contributed by atoms with Gasteiger partial charge in [0, 0.05) is 16.2 Å². The van der Waals surface area contributed by atoms with E-state index in [1.54, 1.807) is 11.8 Å².